The number of alkyl halides is 6. The van der Waals surface area contributed by atoms with Gasteiger partial charge in [0.2, 0.25) is 0 Å². The molecule has 0 amide bonds. The Bertz CT molecular complexity index is 429. The molecule has 0 rings (SSSR count). The van der Waals surface area contributed by atoms with Crippen molar-refractivity contribution in [3.8, 4) is 0 Å². The zero-order chi connectivity index (χ0) is 23.4. The van der Waals surface area contributed by atoms with Crippen LogP contribution in [0.1, 0.15) is 65.2 Å². The third-order valence-electron chi connectivity index (χ3n) is 4.53. The van der Waals surface area contributed by atoms with Gasteiger partial charge in [-0.05, 0) is 39.5 Å². The molecule has 0 aliphatic rings. The van der Waals surface area contributed by atoms with Gasteiger partial charge in [0.1, 0.15) is 5.78 Å². The van der Waals surface area contributed by atoms with Crippen molar-refractivity contribution in [3.63, 3.8) is 0 Å². The summed E-state index contributed by atoms with van der Waals surface area (Å²) in [6, 6.07) is 0. The second-order valence-corrected chi connectivity index (χ2v) is 6.99. The first-order valence-electron chi connectivity index (χ1n) is 10.1. The van der Waals surface area contributed by atoms with E-state index in [1.54, 1.807) is 0 Å². The fraction of sp³-hybridized carbons (Fsp3) is 0.947. The molecule has 0 saturated carbocycles. The normalized spacial score (nSPS) is 16.9. The molecule has 0 bridgehead atoms. The predicted octanol–water partition coefficient (Wildman–Crippen LogP) is 4.33. The van der Waals surface area contributed by atoms with E-state index in [0.717, 1.165) is 0 Å². The minimum atomic E-state index is -4.78. The summed E-state index contributed by atoms with van der Waals surface area (Å²) in [5.41, 5.74) is 0. The molecule has 2 N–H and O–H groups in total. The minimum absolute atomic E-state index is 0.0164. The van der Waals surface area contributed by atoms with Crippen LogP contribution in [0.3, 0.4) is 0 Å². The summed E-state index contributed by atoms with van der Waals surface area (Å²) in [7, 11) is 0. The highest BCUT2D eigenvalue weighted by Gasteiger charge is 2.44. The summed E-state index contributed by atoms with van der Waals surface area (Å²) in [4.78, 5) is 11.8. The molecule has 4 atom stereocenters. The van der Waals surface area contributed by atoms with Crippen molar-refractivity contribution in [2.24, 2.45) is 0 Å². The number of hydrogen-bond acceptors (Lipinski definition) is 5. The fourth-order valence-corrected chi connectivity index (χ4v) is 2.97. The van der Waals surface area contributed by atoms with E-state index in [1.165, 1.54) is 13.8 Å². The molecule has 0 aromatic carbocycles. The Morgan fingerprint density at radius 3 is 1.33 bits per heavy atom. The number of hydrogen-bond donors (Lipinski definition) is 2. The number of unbranched alkanes of at least 4 members (excludes halogenated alkanes) is 2. The van der Waals surface area contributed by atoms with E-state index in [0.29, 0.717) is 12.8 Å². The minimum Gasteiger partial charge on any atom is -0.381 e. The van der Waals surface area contributed by atoms with Crippen molar-refractivity contribution in [1.29, 1.82) is 0 Å². The van der Waals surface area contributed by atoms with E-state index in [-0.39, 0.29) is 57.5 Å². The second kappa shape index (κ2) is 14.2. The van der Waals surface area contributed by atoms with Crippen LogP contribution in [0.4, 0.5) is 26.3 Å². The van der Waals surface area contributed by atoms with Gasteiger partial charge in [0.25, 0.3) is 0 Å². The van der Waals surface area contributed by atoms with Gasteiger partial charge in [0.15, 0.2) is 12.2 Å². The number of carbonyl (C=O) groups is 1. The molecule has 180 valence electrons. The topological polar surface area (TPSA) is 76.0 Å². The number of aliphatic hydroxyl groups is 2. The number of ether oxygens (including phenoxy) is 2. The maximum absolute atomic E-state index is 12.6. The Hall–Kier alpha value is -0.910. The first kappa shape index (κ1) is 29.1. The first-order chi connectivity index (χ1) is 13.8. The number of ketones is 1. The van der Waals surface area contributed by atoms with Gasteiger partial charge in [-0.3, -0.25) is 4.79 Å². The van der Waals surface area contributed by atoms with E-state index < -0.39 is 36.8 Å². The summed E-state index contributed by atoms with van der Waals surface area (Å²) in [6.45, 7) is 3.07. The van der Waals surface area contributed by atoms with Crippen LogP contribution in [0, 0.1) is 0 Å². The number of rotatable bonds is 16. The van der Waals surface area contributed by atoms with Gasteiger partial charge in [0, 0.05) is 26.1 Å². The highest BCUT2D eigenvalue weighted by molar-refractivity contribution is 5.78. The molecular formula is C19H32F6O5. The highest BCUT2D eigenvalue weighted by atomic mass is 19.4. The van der Waals surface area contributed by atoms with Crippen molar-refractivity contribution >= 4 is 5.78 Å². The molecule has 0 aliphatic carbocycles. The molecular weight excluding hydrogens is 422 g/mol. The Morgan fingerprint density at radius 2 is 1.07 bits per heavy atom. The molecule has 0 aromatic heterocycles. The van der Waals surface area contributed by atoms with Crippen LogP contribution in [0.25, 0.3) is 0 Å². The van der Waals surface area contributed by atoms with Crippen molar-refractivity contribution < 1.29 is 50.8 Å². The third kappa shape index (κ3) is 12.1. The molecule has 0 aromatic rings. The van der Waals surface area contributed by atoms with E-state index in [4.69, 9.17) is 9.47 Å². The summed E-state index contributed by atoms with van der Waals surface area (Å²) < 4.78 is 85.4. The molecule has 0 radical (unpaired) electrons. The average Bonchev–Trinajstić information content (AvgIpc) is 2.64. The van der Waals surface area contributed by atoms with E-state index >= 15 is 0 Å². The predicted molar refractivity (Wildman–Crippen MR) is 96.9 cm³/mol. The fourth-order valence-electron chi connectivity index (χ4n) is 2.97. The number of aliphatic hydroxyl groups excluding tert-OH is 2. The van der Waals surface area contributed by atoms with Crippen LogP contribution in [0.2, 0.25) is 0 Å². The monoisotopic (exact) mass is 454 g/mol. The lowest BCUT2D eigenvalue weighted by molar-refractivity contribution is -0.237. The largest absolute Gasteiger partial charge is 0.416 e. The van der Waals surface area contributed by atoms with E-state index in [1.807, 2.05) is 0 Å². The van der Waals surface area contributed by atoms with Crippen molar-refractivity contribution in [3.05, 3.63) is 0 Å². The summed E-state index contributed by atoms with van der Waals surface area (Å²) in [6.07, 6.45) is -16.2. The third-order valence-corrected chi connectivity index (χ3v) is 4.53. The van der Waals surface area contributed by atoms with Gasteiger partial charge in [0.05, 0.1) is 12.2 Å². The highest BCUT2D eigenvalue weighted by Crippen LogP contribution is 2.27. The molecule has 0 aliphatic heterocycles. The van der Waals surface area contributed by atoms with Gasteiger partial charge < -0.3 is 19.7 Å². The van der Waals surface area contributed by atoms with Crippen LogP contribution in [0.5, 0.6) is 0 Å². The van der Waals surface area contributed by atoms with E-state index in [2.05, 4.69) is 0 Å². The molecule has 30 heavy (non-hydrogen) atoms. The zero-order valence-corrected chi connectivity index (χ0v) is 17.3. The van der Waals surface area contributed by atoms with Crippen LogP contribution < -0.4 is 0 Å². The van der Waals surface area contributed by atoms with Crippen LogP contribution >= 0.6 is 0 Å². The standard InChI is InChI=1S/C19H32F6O5/c1-3-29-14(16(27)18(20,21)22)11-7-5-9-13(26)10-6-8-12-15(30-4-2)17(28)19(23,24)25/h14-17,27-28H,3-12H2,1-2H3/t14-,15-,16?,17?/m1/s1. The first-order valence-corrected chi connectivity index (χ1v) is 10.1. The quantitative estimate of drug-likeness (QED) is 0.268. The molecule has 2 unspecified atom stereocenters. The van der Waals surface area contributed by atoms with Crippen LogP contribution in [-0.2, 0) is 14.3 Å². The zero-order valence-electron chi connectivity index (χ0n) is 17.3. The van der Waals surface area contributed by atoms with Gasteiger partial charge in [-0.15, -0.1) is 0 Å². The molecule has 11 heteroatoms. The SMILES string of the molecule is CCO[C@H](CCCCC(=O)CCCC[C@@H](OCC)C(O)C(F)(F)F)C(O)C(F)(F)F. The van der Waals surface area contributed by atoms with Gasteiger partial charge in [-0.25, -0.2) is 0 Å². The average molecular weight is 454 g/mol. The maximum atomic E-state index is 12.6. The molecule has 0 heterocycles. The molecule has 0 spiro atoms. The summed E-state index contributed by atoms with van der Waals surface area (Å²) in [5, 5.41) is 18.6. The van der Waals surface area contributed by atoms with Crippen molar-refractivity contribution in [2.75, 3.05) is 13.2 Å². The smallest absolute Gasteiger partial charge is 0.381 e. The number of halogens is 6. The lowest BCUT2D eigenvalue weighted by Crippen LogP contribution is -2.41. The van der Waals surface area contributed by atoms with E-state index in [9.17, 15) is 41.4 Å². The Labute approximate surface area is 172 Å². The number of carbonyl (C=O) groups excluding carboxylic acids is 1. The van der Waals surface area contributed by atoms with Crippen molar-refractivity contribution in [1.82, 2.24) is 0 Å². The van der Waals surface area contributed by atoms with Crippen LogP contribution in [0.15, 0.2) is 0 Å². The van der Waals surface area contributed by atoms with Gasteiger partial charge in [-0.2, -0.15) is 26.3 Å². The molecule has 0 saturated heterocycles. The molecule has 5 nitrogen and oxygen atoms in total. The lowest BCUT2D eigenvalue weighted by Gasteiger charge is -2.24. The van der Waals surface area contributed by atoms with Crippen LogP contribution in [-0.4, -0.2) is 66.0 Å². The Balaban J connectivity index is 4.17. The van der Waals surface area contributed by atoms with Gasteiger partial charge in [-0.1, -0.05) is 12.8 Å². The maximum Gasteiger partial charge on any atom is 0.416 e. The second-order valence-electron chi connectivity index (χ2n) is 6.99. The van der Waals surface area contributed by atoms with Crippen molar-refractivity contribution in [2.45, 2.75) is 102 Å². The summed E-state index contributed by atoms with van der Waals surface area (Å²) >= 11 is 0. The Morgan fingerprint density at radius 1 is 0.733 bits per heavy atom. The molecule has 0 fully saturated rings. The Kier molecular flexibility index (Phi) is 13.8. The van der Waals surface area contributed by atoms with Gasteiger partial charge >= 0.3 is 12.4 Å². The summed E-state index contributed by atoms with van der Waals surface area (Å²) in [5.74, 6) is -0.149. The number of Topliss-reactive ketones (excluding diaryl/α,β-unsaturated/α-hetero) is 1. The lowest BCUT2D eigenvalue weighted by atomic mass is 10.0.